The number of para-hydroxylation sites is 3. The summed E-state index contributed by atoms with van der Waals surface area (Å²) in [6, 6.07) is 26.0. The number of nitrogens with zero attached hydrogens (tertiary/aromatic N) is 1. The van der Waals surface area contributed by atoms with E-state index >= 15 is 0 Å². The van der Waals surface area contributed by atoms with Crippen LogP contribution < -0.4 is 15.5 Å². The van der Waals surface area contributed by atoms with E-state index in [1.54, 1.807) is 0 Å². The van der Waals surface area contributed by atoms with E-state index in [2.05, 4.69) is 58.6 Å². The minimum atomic E-state index is -0.361. The van der Waals surface area contributed by atoms with Crippen LogP contribution in [0, 0.1) is 5.41 Å². The van der Waals surface area contributed by atoms with E-state index in [-0.39, 0.29) is 29.7 Å². The van der Waals surface area contributed by atoms with Crippen molar-refractivity contribution in [1.29, 1.82) is 0 Å². The van der Waals surface area contributed by atoms with Gasteiger partial charge in [0.25, 0.3) is 0 Å². The highest BCUT2D eigenvalue weighted by molar-refractivity contribution is 6.02. The average molecular weight is 519 g/mol. The van der Waals surface area contributed by atoms with Crippen LogP contribution in [0.1, 0.15) is 43.9 Å². The normalized spacial score (nSPS) is 18.3. The monoisotopic (exact) mass is 518 g/mol. The molecular weight excluding hydrogens is 484 g/mol. The van der Waals surface area contributed by atoms with E-state index in [0.29, 0.717) is 13.0 Å². The zero-order valence-electron chi connectivity index (χ0n) is 22.5. The maximum absolute atomic E-state index is 13.7. The second-order valence-corrected chi connectivity index (χ2v) is 11.4. The van der Waals surface area contributed by atoms with Gasteiger partial charge in [-0.05, 0) is 47.6 Å². The molecule has 198 valence electrons. The van der Waals surface area contributed by atoms with Crippen LogP contribution in [0.2, 0.25) is 0 Å². The first-order chi connectivity index (χ1) is 18.9. The van der Waals surface area contributed by atoms with Gasteiger partial charge in [-0.3, -0.25) is 9.59 Å². The number of hydrogen-bond donors (Lipinski definition) is 3. The van der Waals surface area contributed by atoms with Gasteiger partial charge < -0.3 is 20.5 Å². The summed E-state index contributed by atoms with van der Waals surface area (Å²) in [5.74, 6) is 0.0679. The number of aromatic nitrogens is 1. The number of aromatic amines is 1. The van der Waals surface area contributed by atoms with Crippen molar-refractivity contribution in [3.63, 3.8) is 0 Å². The minimum absolute atomic E-state index is 0.0711. The van der Waals surface area contributed by atoms with Gasteiger partial charge in [0.15, 0.2) is 5.78 Å². The summed E-state index contributed by atoms with van der Waals surface area (Å²) in [4.78, 5) is 32.6. The van der Waals surface area contributed by atoms with Crippen molar-refractivity contribution in [3.05, 3.63) is 107 Å². The Hall–Kier alpha value is -4.32. The highest BCUT2D eigenvalue weighted by Gasteiger charge is 2.41. The van der Waals surface area contributed by atoms with Crippen molar-refractivity contribution < 1.29 is 9.59 Å². The molecule has 0 radical (unpaired) electrons. The summed E-state index contributed by atoms with van der Waals surface area (Å²) in [7, 11) is 0. The van der Waals surface area contributed by atoms with E-state index in [1.807, 2.05) is 60.8 Å². The Labute approximate surface area is 229 Å². The second kappa shape index (κ2) is 10.1. The van der Waals surface area contributed by atoms with Gasteiger partial charge in [-0.25, -0.2) is 0 Å². The third-order valence-corrected chi connectivity index (χ3v) is 7.82. The molecule has 0 saturated heterocycles. The number of Topliss-reactive ketones (excluding diaryl/α,β-unsaturated/α-hetero) is 1. The van der Waals surface area contributed by atoms with Crippen molar-refractivity contribution in [2.75, 3.05) is 23.3 Å². The summed E-state index contributed by atoms with van der Waals surface area (Å²) in [5.41, 5.74) is 6.71. The van der Waals surface area contributed by atoms with Gasteiger partial charge in [-0.1, -0.05) is 74.5 Å². The Morgan fingerprint density at radius 3 is 2.56 bits per heavy atom. The Bertz CT molecular complexity index is 1570. The molecule has 6 rings (SSSR count). The van der Waals surface area contributed by atoms with Gasteiger partial charge in [-0.15, -0.1) is 0 Å². The summed E-state index contributed by atoms with van der Waals surface area (Å²) in [5, 5.41) is 7.93. The number of benzene rings is 3. The van der Waals surface area contributed by atoms with Gasteiger partial charge in [0.05, 0.1) is 24.0 Å². The molecule has 39 heavy (non-hydrogen) atoms. The first-order valence-electron chi connectivity index (χ1n) is 13.7. The number of carbonyl (C=O) groups is 2. The number of carbonyl (C=O) groups excluding carboxylic acids is 2. The Kier molecular flexibility index (Phi) is 6.47. The molecule has 2 aliphatic rings. The maximum atomic E-state index is 13.7. The topological polar surface area (TPSA) is 77.2 Å². The standard InChI is InChI=1S/C33H34N4O2/c1-33(2)18-27-31(29(38)19-33)32(22-10-4-3-5-11-22)37(28-15-9-8-14-26(28)36-27)21-30(39)34-17-16-23-20-35-25-13-7-6-12-24(23)25/h3-15,20,32,35-36H,16-19,21H2,1-2H3,(H,34,39). The molecule has 1 amide bonds. The molecule has 0 fully saturated rings. The van der Waals surface area contributed by atoms with E-state index < -0.39 is 0 Å². The molecule has 2 heterocycles. The molecule has 1 aliphatic heterocycles. The lowest BCUT2D eigenvalue weighted by molar-refractivity contribution is -0.120. The lowest BCUT2D eigenvalue weighted by Gasteiger charge is -2.37. The zero-order valence-corrected chi connectivity index (χ0v) is 22.5. The fourth-order valence-corrected chi connectivity index (χ4v) is 6.09. The molecule has 4 aromatic rings. The summed E-state index contributed by atoms with van der Waals surface area (Å²) in [6.07, 6.45) is 4.01. The summed E-state index contributed by atoms with van der Waals surface area (Å²) in [6.45, 7) is 4.96. The van der Waals surface area contributed by atoms with Gasteiger partial charge in [-0.2, -0.15) is 0 Å². The first kappa shape index (κ1) is 25.0. The van der Waals surface area contributed by atoms with Crippen LogP contribution in [0.15, 0.2) is 96.3 Å². The first-order valence-corrected chi connectivity index (χ1v) is 13.7. The van der Waals surface area contributed by atoms with Gasteiger partial charge in [0.1, 0.15) is 0 Å². The molecule has 1 atom stereocenters. The van der Waals surface area contributed by atoms with Crippen molar-refractivity contribution in [3.8, 4) is 0 Å². The van der Waals surface area contributed by atoms with Crippen molar-refractivity contribution in [2.45, 2.75) is 39.2 Å². The number of amides is 1. The Morgan fingerprint density at radius 1 is 0.974 bits per heavy atom. The Balaban J connectivity index is 1.32. The molecular formula is C33H34N4O2. The summed E-state index contributed by atoms with van der Waals surface area (Å²) >= 11 is 0. The predicted molar refractivity (Wildman–Crippen MR) is 157 cm³/mol. The van der Waals surface area contributed by atoms with Crippen molar-refractivity contribution in [2.24, 2.45) is 5.41 Å². The lowest BCUT2D eigenvalue weighted by Crippen LogP contribution is -2.42. The molecule has 0 bridgehead atoms. The SMILES string of the molecule is CC1(C)CC(=O)C2=C(C1)Nc1ccccc1N(CC(=O)NCCc1c[nH]c3ccccc13)C2c1ccccc1. The largest absolute Gasteiger partial charge is 0.361 e. The molecule has 0 saturated carbocycles. The smallest absolute Gasteiger partial charge is 0.239 e. The van der Waals surface area contributed by atoms with Crippen LogP contribution in [0.4, 0.5) is 11.4 Å². The third-order valence-electron chi connectivity index (χ3n) is 7.82. The summed E-state index contributed by atoms with van der Waals surface area (Å²) < 4.78 is 0. The molecule has 3 aromatic carbocycles. The van der Waals surface area contributed by atoms with Gasteiger partial charge >= 0.3 is 0 Å². The second-order valence-electron chi connectivity index (χ2n) is 11.4. The van der Waals surface area contributed by atoms with Crippen LogP contribution in [0.5, 0.6) is 0 Å². The fraction of sp³-hybridized carbons (Fsp3) is 0.273. The quantitative estimate of drug-likeness (QED) is 0.286. The number of nitrogens with one attached hydrogen (secondary N) is 3. The van der Waals surface area contributed by atoms with Gasteiger partial charge in [0, 0.05) is 41.3 Å². The number of fused-ring (bicyclic) bond motifs is 2. The molecule has 6 nitrogen and oxygen atoms in total. The molecule has 3 N–H and O–H groups in total. The number of hydrogen-bond acceptors (Lipinski definition) is 4. The van der Waals surface area contributed by atoms with Gasteiger partial charge in [0.2, 0.25) is 5.91 Å². The van der Waals surface area contributed by atoms with Crippen molar-refractivity contribution >= 4 is 34.0 Å². The predicted octanol–water partition coefficient (Wildman–Crippen LogP) is 6.14. The van der Waals surface area contributed by atoms with Crippen LogP contribution in [0.3, 0.4) is 0 Å². The third kappa shape index (κ3) is 4.94. The molecule has 1 aromatic heterocycles. The number of H-pyrrole nitrogens is 1. The maximum Gasteiger partial charge on any atom is 0.239 e. The fourth-order valence-electron chi connectivity index (χ4n) is 6.09. The molecule has 0 spiro atoms. The van der Waals surface area contributed by atoms with E-state index in [0.717, 1.165) is 46.6 Å². The van der Waals surface area contributed by atoms with Crippen LogP contribution in [0.25, 0.3) is 10.9 Å². The van der Waals surface area contributed by atoms with Crippen LogP contribution in [-0.4, -0.2) is 29.8 Å². The number of ketones is 1. The molecule has 6 heteroatoms. The van der Waals surface area contributed by atoms with Crippen molar-refractivity contribution in [1.82, 2.24) is 10.3 Å². The van der Waals surface area contributed by atoms with E-state index in [9.17, 15) is 9.59 Å². The highest BCUT2D eigenvalue weighted by atomic mass is 16.2. The minimum Gasteiger partial charge on any atom is -0.361 e. The average Bonchev–Trinajstić information content (AvgIpc) is 3.27. The van der Waals surface area contributed by atoms with E-state index in [1.165, 1.54) is 10.9 Å². The van der Waals surface area contributed by atoms with E-state index in [4.69, 9.17) is 0 Å². The molecule has 1 unspecified atom stereocenters. The van der Waals surface area contributed by atoms with Crippen LogP contribution >= 0.6 is 0 Å². The van der Waals surface area contributed by atoms with Crippen LogP contribution in [-0.2, 0) is 16.0 Å². The number of allylic oxidation sites excluding steroid dienone is 1. The lowest BCUT2D eigenvalue weighted by atomic mass is 9.73. The highest BCUT2D eigenvalue weighted by Crippen LogP contribution is 2.48. The zero-order chi connectivity index (χ0) is 27.0. The number of anilines is 2. The number of rotatable bonds is 6. The molecule has 1 aliphatic carbocycles. The Morgan fingerprint density at radius 2 is 1.72 bits per heavy atom.